The highest BCUT2D eigenvalue weighted by atomic mass is 19.2. The van der Waals surface area contributed by atoms with Gasteiger partial charge in [-0.05, 0) is 12.8 Å². The number of amides is 1. The smallest absolute Gasteiger partial charge is 0.253 e. The van der Waals surface area contributed by atoms with Crippen molar-refractivity contribution in [1.29, 1.82) is 0 Å². The Morgan fingerprint density at radius 2 is 1.58 bits per heavy atom. The van der Waals surface area contributed by atoms with Crippen LogP contribution in [0.4, 0.5) is 23.2 Å². The first-order valence-electron chi connectivity index (χ1n) is 5.66. The maximum atomic E-state index is 13.5. The molecule has 8 heteroatoms. The topological polar surface area (TPSA) is 59.2 Å². The van der Waals surface area contributed by atoms with Gasteiger partial charge in [-0.25, -0.2) is 0 Å². The van der Waals surface area contributed by atoms with Crippen molar-refractivity contribution in [2.24, 2.45) is 11.7 Å². The molecule has 1 aromatic heterocycles. The summed E-state index contributed by atoms with van der Waals surface area (Å²) >= 11 is 0. The Morgan fingerprint density at radius 3 is 2.00 bits per heavy atom. The third-order valence-corrected chi connectivity index (χ3v) is 3.19. The Hall–Kier alpha value is -1.86. The maximum absolute atomic E-state index is 13.5. The number of nitrogens with zero attached hydrogens (tertiary/aromatic N) is 2. The van der Waals surface area contributed by atoms with Gasteiger partial charge in [0.25, 0.3) is 11.9 Å². The zero-order valence-electron chi connectivity index (χ0n) is 9.80. The summed E-state index contributed by atoms with van der Waals surface area (Å²) in [5, 5.41) is 0. The number of primary amides is 1. The molecule has 1 aromatic rings. The second kappa shape index (κ2) is 5.02. The molecule has 1 aliphatic rings. The number of halogens is 4. The van der Waals surface area contributed by atoms with Gasteiger partial charge in [0, 0.05) is 19.0 Å². The van der Waals surface area contributed by atoms with Crippen LogP contribution in [-0.4, -0.2) is 24.0 Å². The van der Waals surface area contributed by atoms with Crippen molar-refractivity contribution in [2.75, 3.05) is 18.0 Å². The number of pyridine rings is 1. The van der Waals surface area contributed by atoms with Crippen LogP contribution in [0.15, 0.2) is 0 Å². The summed E-state index contributed by atoms with van der Waals surface area (Å²) in [5.74, 6) is -7.32. The quantitative estimate of drug-likeness (QED) is 0.655. The van der Waals surface area contributed by atoms with Gasteiger partial charge in [0.15, 0.2) is 0 Å². The van der Waals surface area contributed by atoms with Gasteiger partial charge in [0.05, 0.1) is 0 Å². The largest absolute Gasteiger partial charge is 0.369 e. The van der Waals surface area contributed by atoms with Crippen molar-refractivity contribution in [3.63, 3.8) is 0 Å². The van der Waals surface area contributed by atoms with E-state index in [1.807, 2.05) is 0 Å². The van der Waals surface area contributed by atoms with Crippen molar-refractivity contribution < 1.29 is 22.4 Å². The number of hydrogen-bond acceptors (Lipinski definition) is 3. The standard InChI is InChI=1S/C11H11F4N3O/c12-6-8(7(13)10(15)17-9(6)14)18-3-1-5(2-4-18)11(16)19/h5H,1-4H2,(H2,16,19). The molecule has 19 heavy (non-hydrogen) atoms. The van der Waals surface area contributed by atoms with Crippen LogP contribution in [0.2, 0.25) is 0 Å². The molecular weight excluding hydrogens is 266 g/mol. The second-order valence-electron chi connectivity index (χ2n) is 4.33. The van der Waals surface area contributed by atoms with E-state index in [-0.39, 0.29) is 31.8 Å². The van der Waals surface area contributed by atoms with Crippen molar-refractivity contribution in [3.8, 4) is 0 Å². The van der Waals surface area contributed by atoms with Gasteiger partial charge in [-0.1, -0.05) is 0 Å². The SMILES string of the molecule is NC(=O)C1CCN(c2c(F)c(F)nc(F)c2F)CC1. The Balaban J connectivity index is 2.27. The summed E-state index contributed by atoms with van der Waals surface area (Å²) in [6.45, 7) is 0.175. The fourth-order valence-corrected chi connectivity index (χ4v) is 2.14. The van der Waals surface area contributed by atoms with Crippen LogP contribution in [-0.2, 0) is 4.79 Å². The number of carbonyl (C=O) groups excluding carboxylic acids is 1. The predicted octanol–water partition coefficient (Wildman–Crippen LogP) is 1.34. The molecule has 0 spiro atoms. The minimum atomic E-state index is -1.69. The fraction of sp³-hybridized carbons (Fsp3) is 0.455. The lowest BCUT2D eigenvalue weighted by Crippen LogP contribution is -2.39. The molecule has 0 aliphatic carbocycles. The lowest BCUT2D eigenvalue weighted by atomic mass is 9.96. The summed E-state index contributed by atoms with van der Waals surface area (Å²) in [4.78, 5) is 14.6. The Labute approximate surface area is 106 Å². The monoisotopic (exact) mass is 277 g/mol. The van der Waals surface area contributed by atoms with Gasteiger partial charge in [0.2, 0.25) is 17.5 Å². The first-order valence-corrected chi connectivity index (χ1v) is 5.66. The Bertz CT molecular complexity index is 489. The third-order valence-electron chi connectivity index (χ3n) is 3.19. The van der Waals surface area contributed by atoms with E-state index < -0.39 is 35.1 Å². The molecule has 2 N–H and O–H groups in total. The molecule has 1 aliphatic heterocycles. The normalized spacial score (nSPS) is 16.7. The summed E-state index contributed by atoms with van der Waals surface area (Å²) in [7, 11) is 0. The van der Waals surface area contributed by atoms with E-state index in [2.05, 4.69) is 4.98 Å². The van der Waals surface area contributed by atoms with Crippen LogP contribution in [0.25, 0.3) is 0 Å². The lowest BCUT2D eigenvalue weighted by molar-refractivity contribution is -0.122. The van der Waals surface area contributed by atoms with E-state index >= 15 is 0 Å². The van der Waals surface area contributed by atoms with Crippen LogP contribution in [0.5, 0.6) is 0 Å². The number of hydrogen-bond donors (Lipinski definition) is 1. The van der Waals surface area contributed by atoms with Gasteiger partial charge >= 0.3 is 0 Å². The lowest BCUT2D eigenvalue weighted by Gasteiger charge is -2.32. The van der Waals surface area contributed by atoms with Crippen LogP contribution in [0, 0.1) is 29.4 Å². The summed E-state index contributed by atoms with van der Waals surface area (Å²) < 4.78 is 53.0. The van der Waals surface area contributed by atoms with E-state index in [0.717, 1.165) is 4.90 Å². The molecule has 0 unspecified atom stereocenters. The highest BCUT2D eigenvalue weighted by Gasteiger charge is 2.29. The molecule has 0 aromatic carbocycles. The number of carbonyl (C=O) groups is 1. The van der Waals surface area contributed by atoms with Crippen LogP contribution >= 0.6 is 0 Å². The summed E-state index contributed by atoms with van der Waals surface area (Å²) in [6.07, 6.45) is 0.555. The number of piperidine rings is 1. The zero-order chi connectivity index (χ0) is 14.2. The van der Waals surface area contributed by atoms with Gasteiger partial charge in [-0.15, -0.1) is 0 Å². The van der Waals surface area contributed by atoms with Crippen molar-refractivity contribution in [3.05, 3.63) is 23.5 Å². The number of nitrogens with two attached hydrogens (primary N) is 1. The number of rotatable bonds is 2. The maximum Gasteiger partial charge on any atom is 0.253 e. The third kappa shape index (κ3) is 2.47. The van der Waals surface area contributed by atoms with E-state index in [1.54, 1.807) is 0 Å². The van der Waals surface area contributed by atoms with Crippen LogP contribution in [0.3, 0.4) is 0 Å². The Kier molecular flexibility index (Phi) is 3.59. The van der Waals surface area contributed by atoms with Gasteiger partial charge in [-0.3, -0.25) is 4.79 Å². The van der Waals surface area contributed by atoms with Crippen molar-refractivity contribution in [2.45, 2.75) is 12.8 Å². The average molecular weight is 277 g/mol. The first kappa shape index (κ1) is 13.6. The predicted molar refractivity (Wildman–Crippen MR) is 58.2 cm³/mol. The highest BCUT2D eigenvalue weighted by Crippen LogP contribution is 2.29. The number of aromatic nitrogens is 1. The molecule has 1 fully saturated rings. The summed E-state index contributed by atoms with van der Waals surface area (Å²) in [5.41, 5.74) is 4.34. The molecule has 0 saturated carbocycles. The minimum absolute atomic E-state index is 0.0876. The van der Waals surface area contributed by atoms with Crippen molar-refractivity contribution in [1.82, 2.24) is 4.98 Å². The highest BCUT2D eigenvalue weighted by molar-refractivity contribution is 5.77. The van der Waals surface area contributed by atoms with E-state index in [9.17, 15) is 22.4 Å². The van der Waals surface area contributed by atoms with E-state index in [1.165, 1.54) is 0 Å². The zero-order valence-corrected chi connectivity index (χ0v) is 9.80. The molecule has 2 rings (SSSR count). The summed E-state index contributed by atoms with van der Waals surface area (Å²) in [6, 6.07) is 0. The van der Waals surface area contributed by atoms with Crippen LogP contribution < -0.4 is 10.6 Å². The molecule has 0 bridgehead atoms. The van der Waals surface area contributed by atoms with Gasteiger partial charge in [0.1, 0.15) is 5.69 Å². The molecule has 0 radical (unpaired) electrons. The molecule has 1 saturated heterocycles. The second-order valence-corrected chi connectivity index (χ2v) is 4.33. The molecule has 0 atom stereocenters. The minimum Gasteiger partial charge on any atom is -0.369 e. The fourth-order valence-electron chi connectivity index (χ4n) is 2.14. The Morgan fingerprint density at radius 1 is 1.11 bits per heavy atom. The molecule has 4 nitrogen and oxygen atoms in total. The molecular formula is C11H11F4N3O. The van der Waals surface area contributed by atoms with Crippen LogP contribution in [0.1, 0.15) is 12.8 Å². The first-order chi connectivity index (χ1) is 8.91. The number of anilines is 1. The molecule has 2 heterocycles. The average Bonchev–Trinajstić information content (AvgIpc) is 2.37. The molecule has 104 valence electrons. The van der Waals surface area contributed by atoms with E-state index in [4.69, 9.17) is 5.73 Å². The molecule has 1 amide bonds. The van der Waals surface area contributed by atoms with Crippen molar-refractivity contribution >= 4 is 11.6 Å². The van der Waals surface area contributed by atoms with E-state index in [0.29, 0.717) is 0 Å². The van der Waals surface area contributed by atoms with Gasteiger partial charge in [-0.2, -0.15) is 22.5 Å². The van der Waals surface area contributed by atoms with Gasteiger partial charge < -0.3 is 10.6 Å².